The Bertz CT molecular complexity index is 527. The summed E-state index contributed by atoms with van der Waals surface area (Å²) in [4.78, 5) is 0. The molecule has 0 fully saturated rings. The van der Waals surface area contributed by atoms with Gasteiger partial charge >= 0.3 is 21.5 Å². The molecule has 18 heavy (non-hydrogen) atoms. The van der Waals surface area contributed by atoms with E-state index in [0.717, 1.165) is 12.1 Å². The summed E-state index contributed by atoms with van der Waals surface area (Å²) in [5, 5.41) is -5.21. The van der Waals surface area contributed by atoms with E-state index < -0.39 is 27.2 Å². The van der Waals surface area contributed by atoms with Crippen LogP contribution in [0.3, 0.4) is 0 Å². The monoisotopic (exact) mass is 352 g/mol. The van der Waals surface area contributed by atoms with Crippen LogP contribution < -0.4 is 4.74 Å². The lowest BCUT2D eigenvalue weighted by atomic mass is 10.3. The molecule has 1 aromatic carbocycles. The number of benzene rings is 1. The van der Waals surface area contributed by atoms with Gasteiger partial charge in [-0.3, -0.25) is 4.55 Å². The Morgan fingerprint density at radius 3 is 1.89 bits per heavy atom. The molecule has 0 spiro atoms. The second-order valence-electron chi connectivity index (χ2n) is 3.07. The Morgan fingerprint density at radius 1 is 1.11 bits per heavy atom. The fourth-order valence-electron chi connectivity index (χ4n) is 0.911. The first kappa shape index (κ1) is 15.2. The van der Waals surface area contributed by atoms with Crippen molar-refractivity contribution in [3.8, 4) is 5.75 Å². The van der Waals surface area contributed by atoms with Crippen molar-refractivity contribution in [3.63, 3.8) is 0 Å². The van der Waals surface area contributed by atoms with Crippen molar-refractivity contribution in [1.29, 1.82) is 0 Å². The number of hydrogen-bond acceptors (Lipinski definition) is 3. The van der Waals surface area contributed by atoms with Gasteiger partial charge in [0, 0.05) is 4.47 Å². The third-order valence-electron chi connectivity index (χ3n) is 1.73. The van der Waals surface area contributed by atoms with Gasteiger partial charge in [0.05, 0.1) is 0 Å². The molecule has 1 N–H and O–H groups in total. The van der Waals surface area contributed by atoms with Crippen LogP contribution >= 0.6 is 15.9 Å². The highest BCUT2D eigenvalue weighted by Gasteiger charge is 2.69. The molecule has 0 aliphatic rings. The molecule has 0 bridgehead atoms. The van der Waals surface area contributed by atoms with E-state index in [0.29, 0.717) is 4.47 Å². The Balaban J connectivity index is 3.20. The molecule has 0 aliphatic heterocycles. The highest BCUT2D eigenvalue weighted by Crippen LogP contribution is 2.39. The molecule has 0 amide bonds. The lowest BCUT2D eigenvalue weighted by molar-refractivity contribution is -0.262. The van der Waals surface area contributed by atoms with Gasteiger partial charge in [0.25, 0.3) is 0 Å². The van der Waals surface area contributed by atoms with Crippen LogP contribution in [-0.2, 0) is 10.1 Å². The molecule has 1 unspecified atom stereocenters. The smallest absolute Gasteiger partial charge is 0.437 e. The van der Waals surface area contributed by atoms with Gasteiger partial charge in [-0.1, -0.05) is 15.9 Å². The Kier molecular flexibility index (Phi) is 3.94. The van der Waals surface area contributed by atoms with E-state index in [9.17, 15) is 26.0 Å². The van der Waals surface area contributed by atoms with Crippen LogP contribution in [-0.4, -0.2) is 24.3 Å². The fraction of sp³-hybridized carbons (Fsp3) is 0.250. The van der Waals surface area contributed by atoms with Crippen LogP contribution in [0.4, 0.5) is 17.6 Å². The summed E-state index contributed by atoms with van der Waals surface area (Å²) in [5.41, 5.74) is 0. The van der Waals surface area contributed by atoms with Crippen LogP contribution in [0.1, 0.15) is 0 Å². The Labute approximate surface area is 107 Å². The van der Waals surface area contributed by atoms with Crippen molar-refractivity contribution >= 4 is 26.0 Å². The van der Waals surface area contributed by atoms with Crippen molar-refractivity contribution in [3.05, 3.63) is 28.7 Å². The van der Waals surface area contributed by atoms with E-state index in [1.807, 2.05) is 0 Å². The third kappa shape index (κ3) is 2.93. The minimum atomic E-state index is -6.16. The third-order valence-corrected chi connectivity index (χ3v) is 3.24. The first-order valence-electron chi connectivity index (χ1n) is 4.14. The lowest BCUT2D eigenvalue weighted by Crippen LogP contribution is -2.52. The Morgan fingerprint density at radius 2 is 1.56 bits per heavy atom. The second kappa shape index (κ2) is 4.67. The number of alkyl halides is 4. The number of hydrogen-bond donors (Lipinski definition) is 1. The zero-order valence-corrected chi connectivity index (χ0v) is 10.7. The number of ether oxygens (including phenoxy) is 1. The van der Waals surface area contributed by atoms with E-state index in [1.165, 1.54) is 12.1 Å². The van der Waals surface area contributed by atoms with Gasteiger partial charge in [0.15, 0.2) is 0 Å². The lowest BCUT2D eigenvalue weighted by Gasteiger charge is -2.25. The topological polar surface area (TPSA) is 63.6 Å². The van der Waals surface area contributed by atoms with Gasteiger partial charge in [-0.15, -0.1) is 0 Å². The zero-order chi connectivity index (χ0) is 14.2. The minimum absolute atomic E-state index is 0.457. The van der Waals surface area contributed by atoms with Gasteiger partial charge in [-0.25, -0.2) is 0 Å². The highest BCUT2D eigenvalue weighted by molar-refractivity contribution is 9.10. The standard InChI is InChI=1S/C8H5BrF4O4S/c9-5-1-3-6(4-2-5)17-8(13,7(10,11)12)18(14,15)16/h1-4H,(H,14,15,16). The minimum Gasteiger partial charge on any atom is -0.437 e. The van der Waals surface area contributed by atoms with E-state index in [1.54, 1.807) is 0 Å². The molecule has 4 nitrogen and oxygen atoms in total. The van der Waals surface area contributed by atoms with Crippen molar-refractivity contribution in [1.82, 2.24) is 0 Å². The maximum absolute atomic E-state index is 13.4. The summed E-state index contributed by atoms with van der Waals surface area (Å²) in [6.07, 6.45) is -5.95. The molecular weight excluding hydrogens is 348 g/mol. The molecule has 0 radical (unpaired) electrons. The van der Waals surface area contributed by atoms with E-state index in [-0.39, 0.29) is 0 Å². The maximum Gasteiger partial charge on any atom is 0.479 e. The van der Waals surface area contributed by atoms with Crippen LogP contribution in [0.5, 0.6) is 5.75 Å². The molecule has 0 saturated carbocycles. The van der Waals surface area contributed by atoms with E-state index in [2.05, 4.69) is 20.7 Å². The van der Waals surface area contributed by atoms with Gasteiger partial charge in [-0.05, 0) is 24.3 Å². The fourth-order valence-corrected chi connectivity index (χ4v) is 1.67. The summed E-state index contributed by atoms with van der Waals surface area (Å²) in [6.45, 7) is 0. The maximum atomic E-state index is 13.4. The largest absolute Gasteiger partial charge is 0.479 e. The average Bonchev–Trinajstić information content (AvgIpc) is 2.18. The summed E-state index contributed by atoms with van der Waals surface area (Å²) in [5.74, 6) is -0.712. The molecule has 0 saturated heterocycles. The van der Waals surface area contributed by atoms with Crippen molar-refractivity contribution in [2.75, 3.05) is 0 Å². The van der Waals surface area contributed by atoms with Gasteiger partial charge in [0.1, 0.15) is 5.75 Å². The number of rotatable bonds is 3. The second-order valence-corrected chi connectivity index (χ2v) is 5.46. The molecule has 0 aromatic heterocycles. The van der Waals surface area contributed by atoms with E-state index in [4.69, 9.17) is 4.55 Å². The first-order valence-corrected chi connectivity index (χ1v) is 6.38. The predicted octanol–water partition coefficient (Wildman–Crippen LogP) is 2.90. The van der Waals surface area contributed by atoms with E-state index >= 15 is 0 Å². The van der Waals surface area contributed by atoms with Gasteiger partial charge in [0.2, 0.25) is 0 Å². The van der Waals surface area contributed by atoms with Crippen molar-refractivity contribution < 1.29 is 35.3 Å². The van der Waals surface area contributed by atoms with Crippen molar-refractivity contribution in [2.45, 2.75) is 11.4 Å². The SMILES string of the molecule is O=S(=O)(O)C(F)(Oc1ccc(Br)cc1)C(F)(F)F. The molecule has 10 heteroatoms. The first-order chi connectivity index (χ1) is 7.97. The van der Waals surface area contributed by atoms with Crippen LogP contribution in [0.2, 0.25) is 0 Å². The summed E-state index contributed by atoms with van der Waals surface area (Å²) < 4.78 is 83.9. The van der Waals surface area contributed by atoms with Crippen LogP contribution in [0.15, 0.2) is 28.7 Å². The van der Waals surface area contributed by atoms with Crippen LogP contribution in [0.25, 0.3) is 0 Å². The quantitative estimate of drug-likeness (QED) is 0.671. The van der Waals surface area contributed by atoms with Crippen LogP contribution in [0, 0.1) is 0 Å². The highest BCUT2D eigenvalue weighted by atomic mass is 79.9. The molecule has 0 heterocycles. The van der Waals surface area contributed by atoms with Crippen molar-refractivity contribution in [2.24, 2.45) is 0 Å². The average molecular weight is 353 g/mol. The molecular formula is C8H5BrF4O4S. The predicted molar refractivity (Wildman–Crippen MR) is 56.2 cm³/mol. The van der Waals surface area contributed by atoms with Gasteiger partial charge in [-0.2, -0.15) is 26.0 Å². The molecule has 0 aliphatic carbocycles. The summed E-state index contributed by atoms with van der Waals surface area (Å²) in [6, 6.07) is 4.21. The van der Waals surface area contributed by atoms with Gasteiger partial charge < -0.3 is 4.74 Å². The zero-order valence-electron chi connectivity index (χ0n) is 8.28. The normalized spacial score (nSPS) is 16.1. The molecule has 1 atom stereocenters. The Hall–Kier alpha value is -0.870. The molecule has 102 valence electrons. The molecule has 1 rings (SSSR count). The summed E-state index contributed by atoms with van der Waals surface area (Å²) >= 11 is 2.96. The summed E-state index contributed by atoms with van der Waals surface area (Å²) in [7, 11) is -6.16. The number of halogens is 5. The molecule has 1 aromatic rings.